The molecule has 0 aromatic carbocycles. The lowest BCUT2D eigenvalue weighted by Gasteiger charge is -2.21. The highest BCUT2D eigenvalue weighted by atomic mass is 16.1. The molecular formula is C11H23N3O. The van der Waals surface area contributed by atoms with Crippen LogP contribution in [0.1, 0.15) is 46.5 Å². The Labute approximate surface area is 91.9 Å². The first kappa shape index (κ1) is 14.1. The van der Waals surface area contributed by atoms with Gasteiger partial charge in [-0.25, -0.2) is 0 Å². The van der Waals surface area contributed by atoms with Gasteiger partial charge < -0.3 is 11.5 Å². The first-order chi connectivity index (χ1) is 6.75. The summed E-state index contributed by atoms with van der Waals surface area (Å²) in [4.78, 5) is 11.7. The highest BCUT2D eigenvalue weighted by Gasteiger charge is 2.26. The molecule has 0 aliphatic carbocycles. The normalized spacial score (nSPS) is 13.6. The second kappa shape index (κ2) is 5.85. The second-order valence-corrected chi connectivity index (χ2v) is 4.99. The van der Waals surface area contributed by atoms with Gasteiger partial charge in [-0.3, -0.25) is 10.2 Å². The fourth-order valence-electron chi connectivity index (χ4n) is 1.37. The van der Waals surface area contributed by atoms with E-state index < -0.39 is 0 Å². The van der Waals surface area contributed by atoms with Gasteiger partial charge in [-0.2, -0.15) is 0 Å². The summed E-state index contributed by atoms with van der Waals surface area (Å²) in [5.74, 6) is 0.302. The maximum absolute atomic E-state index is 11.7. The summed E-state index contributed by atoms with van der Waals surface area (Å²) in [5, 5.41) is 7.04. The summed E-state index contributed by atoms with van der Waals surface area (Å²) in [5.41, 5.74) is 10.6. The first-order valence-electron chi connectivity index (χ1n) is 5.38. The molecular weight excluding hydrogens is 190 g/mol. The van der Waals surface area contributed by atoms with E-state index in [-0.39, 0.29) is 23.1 Å². The molecule has 15 heavy (non-hydrogen) atoms. The Morgan fingerprint density at radius 2 is 1.87 bits per heavy atom. The van der Waals surface area contributed by atoms with E-state index in [0.717, 1.165) is 12.8 Å². The number of nitrogens with one attached hydrogen (secondary N) is 1. The van der Waals surface area contributed by atoms with Crippen molar-refractivity contribution in [2.24, 2.45) is 16.9 Å². The van der Waals surface area contributed by atoms with Gasteiger partial charge in [0.05, 0.1) is 11.9 Å². The molecule has 0 saturated carbocycles. The molecule has 0 aromatic heterocycles. The van der Waals surface area contributed by atoms with Gasteiger partial charge >= 0.3 is 0 Å². The average Bonchev–Trinajstić information content (AvgIpc) is 2.09. The Hall–Kier alpha value is -0.900. The first-order valence-corrected chi connectivity index (χ1v) is 5.38. The number of Topliss-reactive ketones (excluding diaryl/α,β-unsaturated/α-hetero) is 1. The van der Waals surface area contributed by atoms with Crippen LogP contribution >= 0.6 is 0 Å². The predicted molar refractivity (Wildman–Crippen MR) is 62.8 cm³/mol. The van der Waals surface area contributed by atoms with Crippen molar-refractivity contribution >= 4 is 11.6 Å². The molecule has 4 nitrogen and oxygen atoms in total. The van der Waals surface area contributed by atoms with Crippen LogP contribution in [0.2, 0.25) is 0 Å². The Morgan fingerprint density at radius 1 is 1.33 bits per heavy atom. The summed E-state index contributed by atoms with van der Waals surface area (Å²) >= 11 is 0. The molecule has 4 heteroatoms. The molecule has 88 valence electrons. The van der Waals surface area contributed by atoms with Crippen molar-refractivity contribution < 1.29 is 4.79 Å². The van der Waals surface area contributed by atoms with E-state index in [1.54, 1.807) is 0 Å². The smallest absolute Gasteiger partial charge is 0.154 e. The molecule has 0 rings (SSSR count). The number of nitrogens with two attached hydrogens (primary N) is 2. The van der Waals surface area contributed by atoms with Crippen molar-refractivity contribution in [3.05, 3.63) is 0 Å². The SMILES string of the molecule is CC(C)(C)C(=O)[C@@H](N)CCCCC(=N)N. The molecule has 0 fully saturated rings. The molecule has 0 radical (unpaired) electrons. The van der Waals surface area contributed by atoms with Gasteiger partial charge in [-0.15, -0.1) is 0 Å². The zero-order valence-electron chi connectivity index (χ0n) is 9.97. The van der Waals surface area contributed by atoms with Gasteiger partial charge in [-0.1, -0.05) is 27.2 Å². The lowest BCUT2D eigenvalue weighted by Crippen LogP contribution is -2.38. The van der Waals surface area contributed by atoms with E-state index in [1.807, 2.05) is 20.8 Å². The molecule has 0 bridgehead atoms. The zero-order chi connectivity index (χ0) is 12.1. The molecule has 0 saturated heterocycles. The topological polar surface area (TPSA) is 93.0 Å². The number of amidine groups is 1. The third-order valence-corrected chi connectivity index (χ3v) is 2.29. The molecule has 0 spiro atoms. The highest BCUT2D eigenvalue weighted by Crippen LogP contribution is 2.18. The largest absolute Gasteiger partial charge is 0.388 e. The van der Waals surface area contributed by atoms with Gasteiger partial charge in [0.25, 0.3) is 0 Å². The van der Waals surface area contributed by atoms with Crippen molar-refractivity contribution in [2.75, 3.05) is 0 Å². The van der Waals surface area contributed by atoms with Crippen LogP contribution in [0.4, 0.5) is 0 Å². The van der Waals surface area contributed by atoms with Crippen LogP contribution < -0.4 is 11.5 Å². The van der Waals surface area contributed by atoms with Crippen LogP contribution in [-0.2, 0) is 4.79 Å². The third-order valence-electron chi connectivity index (χ3n) is 2.29. The van der Waals surface area contributed by atoms with Crippen LogP contribution in [0.15, 0.2) is 0 Å². The van der Waals surface area contributed by atoms with Gasteiger partial charge in [0.2, 0.25) is 0 Å². The standard InChI is InChI=1S/C11H23N3O/c1-11(2,3)10(15)8(12)6-4-5-7-9(13)14/h8H,4-7,12H2,1-3H3,(H3,13,14)/t8-/m0/s1. The minimum absolute atomic E-state index is 0.102. The molecule has 0 amide bonds. The van der Waals surface area contributed by atoms with Crippen molar-refractivity contribution in [3.63, 3.8) is 0 Å². The molecule has 0 heterocycles. The van der Waals surface area contributed by atoms with Crippen LogP contribution in [-0.4, -0.2) is 17.7 Å². The minimum Gasteiger partial charge on any atom is -0.388 e. The van der Waals surface area contributed by atoms with E-state index in [4.69, 9.17) is 16.9 Å². The van der Waals surface area contributed by atoms with Crippen molar-refractivity contribution in [1.29, 1.82) is 5.41 Å². The Bertz CT molecular complexity index is 230. The maximum Gasteiger partial charge on any atom is 0.154 e. The fraction of sp³-hybridized carbons (Fsp3) is 0.818. The van der Waals surface area contributed by atoms with Crippen LogP contribution in [0, 0.1) is 10.8 Å². The van der Waals surface area contributed by atoms with Crippen LogP contribution in [0.25, 0.3) is 0 Å². The lowest BCUT2D eigenvalue weighted by atomic mass is 9.85. The number of hydrogen-bond donors (Lipinski definition) is 3. The fourth-order valence-corrected chi connectivity index (χ4v) is 1.37. The Kier molecular flexibility index (Phi) is 5.50. The summed E-state index contributed by atoms with van der Waals surface area (Å²) in [7, 11) is 0. The van der Waals surface area contributed by atoms with E-state index in [1.165, 1.54) is 0 Å². The van der Waals surface area contributed by atoms with Gasteiger partial charge in [0.15, 0.2) is 5.78 Å². The van der Waals surface area contributed by atoms with E-state index in [0.29, 0.717) is 12.8 Å². The van der Waals surface area contributed by atoms with E-state index >= 15 is 0 Å². The summed E-state index contributed by atoms with van der Waals surface area (Å²) in [6.07, 6.45) is 2.96. The summed E-state index contributed by atoms with van der Waals surface area (Å²) in [6, 6.07) is -0.378. The second-order valence-electron chi connectivity index (χ2n) is 4.99. The zero-order valence-corrected chi connectivity index (χ0v) is 9.97. The molecule has 5 N–H and O–H groups in total. The average molecular weight is 213 g/mol. The third kappa shape index (κ3) is 6.23. The molecule has 0 aliphatic heterocycles. The maximum atomic E-state index is 11.7. The van der Waals surface area contributed by atoms with Crippen molar-refractivity contribution in [1.82, 2.24) is 0 Å². The molecule has 0 aromatic rings. The van der Waals surface area contributed by atoms with E-state index in [2.05, 4.69) is 0 Å². The van der Waals surface area contributed by atoms with Crippen LogP contribution in [0.3, 0.4) is 0 Å². The van der Waals surface area contributed by atoms with E-state index in [9.17, 15) is 4.79 Å². The number of unbranched alkanes of at least 4 members (excludes halogenated alkanes) is 1. The number of hydrogen-bond acceptors (Lipinski definition) is 3. The monoisotopic (exact) mass is 213 g/mol. The van der Waals surface area contributed by atoms with Crippen molar-refractivity contribution in [3.8, 4) is 0 Å². The molecule has 0 unspecified atom stereocenters. The van der Waals surface area contributed by atoms with Gasteiger partial charge in [-0.05, 0) is 12.8 Å². The number of rotatable bonds is 6. The lowest BCUT2D eigenvalue weighted by molar-refractivity contribution is -0.127. The quantitative estimate of drug-likeness (QED) is 0.354. The number of carbonyl (C=O) groups excluding carboxylic acids is 1. The molecule has 1 atom stereocenters. The number of ketones is 1. The predicted octanol–water partition coefficient (Wildman–Crippen LogP) is 1.43. The Morgan fingerprint density at radius 3 is 2.27 bits per heavy atom. The van der Waals surface area contributed by atoms with Gasteiger partial charge in [0, 0.05) is 11.8 Å². The Balaban J connectivity index is 3.80. The summed E-state index contributed by atoms with van der Waals surface area (Å²) in [6.45, 7) is 5.64. The molecule has 0 aliphatic rings. The highest BCUT2D eigenvalue weighted by molar-refractivity contribution is 5.88. The summed E-state index contributed by atoms with van der Waals surface area (Å²) < 4.78 is 0. The minimum atomic E-state index is -0.378. The number of carbonyl (C=O) groups is 1. The van der Waals surface area contributed by atoms with Gasteiger partial charge in [0.1, 0.15) is 0 Å². The van der Waals surface area contributed by atoms with Crippen LogP contribution in [0.5, 0.6) is 0 Å². The van der Waals surface area contributed by atoms with Crippen molar-refractivity contribution in [2.45, 2.75) is 52.5 Å².